The molecule has 0 unspecified atom stereocenters. The first kappa shape index (κ1) is 23.3. The van der Waals surface area contributed by atoms with Crippen molar-refractivity contribution in [3.05, 3.63) is 74.8 Å². The van der Waals surface area contributed by atoms with Crippen LogP contribution in [0.2, 0.25) is 5.02 Å². The van der Waals surface area contributed by atoms with Gasteiger partial charge in [0, 0.05) is 12.1 Å². The molecular formula is C25H30ClNO4. The number of benzene rings is 2. The predicted molar refractivity (Wildman–Crippen MR) is 122 cm³/mol. The first-order chi connectivity index (χ1) is 14.8. The van der Waals surface area contributed by atoms with Crippen molar-refractivity contribution >= 4 is 23.3 Å². The van der Waals surface area contributed by atoms with Gasteiger partial charge in [0.05, 0.1) is 15.9 Å². The highest BCUT2D eigenvalue weighted by atomic mass is 35.5. The fourth-order valence-corrected chi connectivity index (χ4v) is 4.87. The van der Waals surface area contributed by atoms with Crippen molar-refractivity contribution in [2.45, 2.75) is 58.5 Å². The zero-order chi connectivity index (χ0) is 22.5. The minimum absolute atomic E-state index is 0.0958. The number of hydrogen-bond acceptors (Lipinski definition) is 4. The summed E-state index contributed by atoms with van der Waals surface area (Å²) in [4.78, 5) is 24.1. The highest BCUT2D eigenvalue weighted by molar-refractivity contribution is 6.31. The SMILES string of the molecule is CC(C)[C@@H]1CC[C@@H](C)C[C@H]1OC(=O)[C@@H](Cc1ccccc1)c1ccc([N+](=O)[O-])cc1Cl. The van der Waals surface area contributed by atoms with Crippen molar-refractivity contribution < 1.29 is 14.5 Å². The Kier molecular flexibility index (Phi) is 7.71. The summed E-state index contributed by atoms with van der Waals surface area (Å²) in [6.45, 7) is 6.55. The van der Waals surface area contributed by atoms with Crippen molar-refractivity contribution in [1.82, 2.24) is 0 Å². The second kappa shape index (κ2) is 10.3. The largest absolute Gasteiger partial charge is 0.462 e. The van der Waals surface area contributed by atoms with Crippen molar-refractivity contribution in [3.63, 3.8) is 0 Å². The summed E-state index contributed by atoms with van der Waals surface area (Å²) >= 11 is 6.41. The smallest absolute Gasteiger partial charge is 0.314 e. The van der Waals surface area contributed by atoms with Crippen molar-refractivity contribution in [2.75, 3.05) is 0 Å². The quantitative estimate of drug-likeness (QED) is 0.275. The summed E-state index contributed by atoms with van der Waals surface area (Å²) in [5, 5.41) is 11.3. The molecule has 0 aliphatic heterocycles. The molecule has 1 saturated carbocycles. The number of nitro groups is 1. The van der Waals surface area contributed by atoms with E-state index >= 15 is 0 Å². The third-order valence-corrected chi connectivity index (χ3v) is 6.69. The van der Waals surface area contributed by atoms with Crippen LogP contribution < -0.4 is 0 Å². The van der Waals surface area contributed by atoms with Crippen LogP contribution in [0.5, 0.6) is 0 Å². The second-order valence-corrected chi connectivity index (χ2v) is 9.41. The van der Waals surface area contributed by atoms with Crippen LogP contribution in [0.3, 0.4) is 0 Å². The van der Waals surface area contributed by atoms with Gasteiger partial charge in [-0.05, 0) is 54.2 Å². The zero-order valence-electron chi connectivity index (χ0n) is 18.3. The lowest BCUT2D eigenvalue weighted by atomic mass is 9.75. The third-order valence-electron chi connectivity index (χ3n) is 6.37. The van der Waals surface area contributed by atoms with E-state index in [-0.39, 0.29) is 22.8 Å². The number of nitro benzene ring substituents is 1. The number of non-ortho nitro benzene ring substituents is 1. The number of esters is 1. The Hall–Kier alpha value is -2.40. The van der Waals surface area contributed by atoms with Gasteiger partial charge in [0.15, 0.2) is 0 Å². The molecule has 1 aliphatic carbocycles. The van der Waals surface area contributed by atoms with Gasteiger partial charge in [-0.3, -0.25) is 14.9 Å². The van der Waals surface area contributed by atoms with E-state index in [0.29, 0.717) is 29.7 Å². The van der Waals surface area contributed by atoms with Crippen molar-refractivity contribution in [3.8, 4) is 0 Å². The molecule has 0 heterocycles. The molecule has 2 aromatic carbocycles. The molecule has 0 N–H and O–H groups in total. The Morgan fingerprint density at radius 2 is 1.90 bits per heavy atom. The molecular weight excluding hydrogens is 414 g/mol. The number of halogens is 1. The van der Waals surface area contributed by atoms with E-state index in [1.807, 2.05) is 30.3 Å². The minimum Gasteiger partial charge on any atom is -0.462 e. The third kappa shape index (κ3) is 5.85. The Labute approximate surface area is 188 Å². The molecule has 166 valence electrons. The van der Waals surface area contributed by atoms with E-state index in [4.69, 9.17) is 16.3 Å². The molecule has 31 heavy (non-hydrogen) atoms. The Bertz CT molecular complexity index is 915. The summed E-state index contributed by atoms with van der Waals surface area (Å²) in [6, 6.07) is 14.0. The van der Waals surface area contributed by atoms with E-state index in [1.54, 1.807) is 6.07 Å². The highest BCUT2D eigenvalue weighted by Gasteiger charge is 2.36. The molecule has 0 saturated heterocycles. The number of carbonyl (C=O) groups is 1. The van der Waals surface area contributed by atoms with Gasteiger partial charge >= 0.3 is 5.97 Å². The minimum atomic E-state index is -0.624. The Morgan fingerprint density at radius 1 is 1.19 bits per heavy atom. The highest BCUT2D eigenvalue weighted by Crippen LogP contribution is 2.38. The molecule has 0 radical (unpaired) electrons. The van der Waals surface area contributed by atoms with Crippen molar-refractivity contribution in [1.29, 1.82) is 0 Å². The van der Waals surface area contributed by atoms with Gasteiger partial charge in [0.1, 0.15) is 6.10 Å². The lowest BCUT2D eigenvalue weighted by molar-refractivity contribution is -0.384. The maximum Gasteiger partial charge on any atom is 0.314 e. The van der Waals surface area contributed by atoms with Gasteiger partial charge in [0.2, 0.25) is 0 Å². The molecule has 6 heteroatoms. The van der Waals surface area contributed by atoms with Crippen LogP contribution in [0.1, 0.15) is 57.1 Å². The normalized spacial score (nSPS) is 22.2. The predicted octanol–water partition coefficient (Wildman–Crippen LogP) is 6.58. The summed E-state index contributed by atoms with van der Waals surface area (Å²) in [5.74, 6) is 0.346. The van der Waals surface area contributed by atoms with Gasteiger partial charge in [-0.25, -0.2) is 0 Å². The van der Waals surface area contributed by atoms with Crippen LogP contribution in [0.25, 0.3) is 0 Å². The Balaban J connectivity index is 1.90. The second-order valence-electron chi connectivity index (χ2n) is 9.01. The molecule has 5 nitrogen and oxygen atoms in total. The maximum atomic E-state index is 13.4. The number of hydrogen-bond donors (Lipinski definition) is 0. The molecule has 0 bridgehead atoms. The van der Waals surface area contributed by atoms with E-state index in [0.717, 1.165) is 24.8 Å². The average molecular weight is 444 g/mol. The van der Waals surface area contributed by atoms with E-state index in [9.17, 15) is 14.9 Å². The zero-order valence-corrected chi connectivity index (χ0v) is 19.0. The number of carbonyl (C=O) groups excluding carboxylic acids is 1. The lowest BCUT2D eigenvalue weighted by Crippen LogP contribution is -2.37. The standard InChI is InChI=1S/C25H30ClNO4/c1-16(2)20-11-9-17(3)13-24(20)31-25(28)22(14-18-7-5-4-6-8-18)21-12-10-19(27(29)30)15-23(21)26/h4-8,10,12,15-17,20,22,24H,9,11,13-14H2,1-3H3/t17-,20+,22+,24-/m1/s1. The average Bonchev–Trinajstić information content (AvgIpc) is 2.72. The molecule has 1 fully saturated rings. The molecule has 1 aliphatic rings. The summed E-state index contributed by atoms with van der Waals surface area (Å²) in [7, 11) is 0. The van der Waals surface area contributed by atoms with Crippen LogP contribution >= 0.6 is 11.6 Å². The van der Waals surface area contributed by atoms with Gasteiger partial charge < -0.3 is 4.74 Å². The summed E-state index contributed by atoms with van der Waals surface area (Å²) < 4.78 is 6.13. The molecule has 2 aromatic rings. The van der Waals surface area contributed by atoms with Crippen LogP contribution in [-0.2, 0) is 16.0 Å². The first-order valence-electron chi connectivity index (χ1n) is 10.9. The molecule has 4 atom stereocenters. The van der Waals surface area contributed by atoms with E-state index < -0.39 is 10.8 Å². The van der Waals surface area contributed by atoms with Gasteiger partial charge in [0.25, 0.3) is 5.69 Å². The maximum absolute atomic E-state index is 13.4. The van der Waals surface area contributed by atoms with Gasteiger partial charge in [-0.2, -0.15) is 0 Å². The van der Waals surface area contributed by atoms with E-state index in [1.165, 1.54) is 12.1 Å². The molecule has 0 aromatic heterocycles. The van der Waals surface area contributed by atoms with Crippen LogP contribution in [0.15, 0.2) is 48.5 Å². The van der Waals surface area contributed by atoms with Crippen LogP contribution in [-0.4, -0.2) is 17.0 Å². The molecule has 3 rings (SSSR count). The fourth-order valence-electron chi connectivity index (χ4n) is 4.56. The van der Waals surface area contributed by atoms with Gasteiger partial charge in [-0.1, -0.05) is 69.1 Å². The summed E-state index contributed by atoms with van der Waals surface area (Å²) in [5.41, 5.74) is 1.45. The first-order valence-corrected chi connectivity index (χ1v) is 11.3. The van der Waals surface area contributed by atoms with Gasteiger partial charge in [-0.15, -0.1) is 0 Å². The number of nitrogens with zero attached hydrogens (tertiary/aromatic N) is 1. The molecule has 0 spiro atoms. The fraction of sp³-hybridized carbons (Fsp3) is 0.480. The van der Waals surface area contributed by atoms with E-state index in [2.05, 4.69) is 20.8 Å². The lowest BCUT2D eigenvalue weighted by Gasteiger charge is -2.37. The van der Waals surface area contributed by atoms with Crippen LogP contribution in [0, 0.1) is 27.9 Å². The molecule has 0 amide bonds. The van der Waals surface area contributed by atoms with Crippen LogP contribution in [0.4, 0.5) is 5.69 Å². The Morgan fingerprint density at radius 3 is 2.52 bits per heavy atom. The number of rotatable bonds is 7. The monoisotopic (exact) mass is 443 g/mol. The number of ether oxygens (including phenoxy) is 1. The van der Waals surface area contributed by atoms with Crippen molar-refractivity contribution in [2.24, 2.45) is 17.8 Å². The topological polar surface area (TPSA) is 69.4 Å². The summed E-state index contributed by atoms with van der Waals surface area (Å²) in [6.07, 6.45) is 3.37.